The maximum atomic E-state index is 9.17. The van der Waals surface area contributed by atoms with Gasteiger partial charge in [0.2, 0.25) is 0 Å². The van der Waals surface area contributed by atoms with Crippen molar-refractivity contribution < 1.29 is 10.2 Å². The van der Waals surface area contributed by atoms with E-state index in [1.54, 1.807) is 0 Å². The normalized spacial score (nSPS) is 45.2. The predicted octanol–water partition coefficient (Wildman–Crippen LogP) is 0.799. The van der Waals surface area contributed by atoms with Crippen LogP contribution in [0.5, 0.6) is 0 Å². The Morgan fingerprint density at radius 1 is 0.917 bits per heavy atom. The second-order valence-corrected chi connectivity index (χ2v) is 3.98. The number of aliphatic hydroxyl groups excluding tert-OH is 2. The minimum atomic E-state index is 0.233. The summed E-state index contributed by atoms with van der Waals surface area (Å²) in [7, 11) is 0. The van der Waals surface area contributed by atoms with Crippen LogP contribution in [0.2, 0.25) is 0 Å². The fraction of sp³-hybridized carbons (Fsp3) is 0.800. The van der Waals surface area contributed by atoms with Gasteiger partial charge in [0.05, 0.1) is 0 Å². The summed E-state index contributed by atoms with van der Waals surface area (Å²) >= 11 is 0. The van der Waals surface area contributed by atoms with E-state index in [2.05, 4.69) is 12.2 Å². The van der Waals surface area contributed by atoms with Crippen molar-refractivity contribution in [2.24, 2.45) is 23.7 Å². The molecule has 3 rings (SSSR count). The van der Waals surface area contributed by atoms with Gasteiger partial charge in [-0.05, 0) is 36.5 Å². The van der Waals surface area contributed by atoms with Gasteiger partial charge in [0.1, 0.15) is 0 Å². The van der Waals surface area contributed by atoms with Crippen LogP contribution in [0.1, 0.15) is 12.8 Å². The SMILES string of the molecule is OCC1C2C=CC(CC2)C1CO. The summed E-state index contributed by atoms with van der Waals surface area (Å²) in [4.78, 5) is 0. The molecule has 2 bridgehead atoms. The van der Waals surface area contributed by atoms with E-state index in [4.69, 9.17) is 10.2 Å². The maximum Gasteiger partial charge on any atom is 0.0468 e. The summed E-state index contributed by atoms with van der Waals surface area (Å²) in [5.74, 6) is 1.69. The molecule has 1 fully saturated rings. The van der Waals surface area contributed by atoms with E-state index in [0.29, 0.717) is 23.7 Å². The number of fused-ring (bicyclic) bond motifs is 2. The van der Waals surface area contributed by atoms with E-state index in [0.717, 1.165) is 0 Å². The molecule has 1 saturated carbocycles. The average Bonchev–Trinajstić information content (AvgIpc) is 2.18. The van der Waals surface area contributed by atoms with E-state index in [1.165, 1.54) is 12.8 Å². The highest BCUT2D eigenvalue weighted by Gasteiger charge is 2.39. The van der Waals surface area contributed by atoms with Crippen molar-refractivity contribution in [3.05, 3.63) is 12.2 Å². The highest BCUT2D eigenvalue weighted by Crippen LogP contribution is 2.44. The predicted molar refractivity (Wildman–Crippen MR) is 46.5 cm³/mol. The summed E-state index contributed by atoms with van der Waals surface area (Å²) in [5, 5.41) is 18.3. The maximum absolute atomic E-state index is 9.17. The Morgan fingerprint density at radius 3 is 1.58 bits per heavy atom. The molecule has 0 radical (unpaired) electrons. The first kappa shape index (κ1) is 8.27. The molecule has 0 heterocycles. The Labute approximate surface area is 72.9 Å². The van der Waals surface area contributed by atoms with Crippen LogP contribution < -0.4 is 0 Å². The molecule has 0 amide bonds. The third-order valence-corrected chi connectivity index (χ3v) is 3.51. The number of aliphatic hydroxyl groups is 2. The van der Waals surface area contributed by atoms with Crippen molar-refractivity contribution in [2.45, 2.75) is 12.8 Å². The molecule has 3 aliphatic rings. The Morgan fingerprint density at radius 2 is 1.33 bits per heavy atom. The lowest BCUT2D eigenvalue weighted by atomic mass is 9.63. The molecule has 0 aromatic heterocycles. The lowest BCUT2D eigenvalue weighted by molar-refractivity contribution is 0.0266. The van der Waals surface area contributed by atoms with Gasteiger partial charge in [0, 0.05) is 13.2 Å². The second-order valence-electron chi connectivity index (χ2n) is 3.98. The minimum Gasteiger partial charge on any atom is -0.396 e. The molecular weight excluding hydrogens is 152 g/mol. The van der Waals surface area contributed by atoms with Crippen LogP contribution in [-0.2, 0) is 0 Å². The molecule has 12 heavy (non-hydrogen) atoms. The summed E-state index contributed by atoms with van der Waals surface area (Å²) in [6.07, 6.45) is 6.84. The van der Waals surface area contributed by atoms with Crippen LogP contribution in [-0.4, -0.2) is 23.4 Å². The zero-order valence-corrected chi connectivity index (χ0v) is 7.19. The molecule has 4 unspecified atom stereocenters. The first-order chi connectivity index (χ1) is 5.86. The van der Waals surface area contributed by atoms with Crippen LogP contribution in [0.4, 0.5) is 0 Å². The molecule has 4 atom stereocenters. The quantitative estimate of drug-likeness (QED) is 0.599. The number of hydrogen-bond acceptors (Lipinski definition) is 2. The first-order valence-electron chi connectivity index (χ1n) is 4.77. The van der Waals surface area contributed by atoms with Gasteiger partial charge < -0.3 is 10.2 Å². The molecule has 3 aliphatic carbocycles. The van der Waals surface area contributed by atoms with Crippen molar-refractivity contribution in [1.29, 1.82) is 0 Å². The van der Waals surface area contributed by atoms with Crippen molar-refractivity contribution in [3.63, 3.8) is 0 Å². The molecule has 2 heteroatoms. The van der Waals surface area contributed by atoms with Crippen molar-refractivity contribution in [2.75, 3.05) is 13.2 Å². The van der Waals surface area contributed by atoms with Gasteiger partial charge >= 0.3 is 0 Å². The zero-order valence-electron chi connectivity index (χ0n) is 7.19. The molecule has 68 valence electrons. The van der Waals surface area contributed by atoms with Crippen LogP contribution in [0, 0.1) is 23.7 Å². The fourth-order valence-corrected chi connectivity index (χ4v) is 2.75. The fourth-order valence-electron chi connectivity index (χ4n) is 2.75. The molecule has 0 aliphatic heterocycles. The molecule has 2 N–H and O–H groups in total. The number of allylic oxidation sites excluding steroid dienone is 2. The van der Waals surface area contributed by atoms with E-state index in [9.17, 15) is 0 Å². The largest absolute Gasteiger partial charge is 0.396 e. The van der Waals surface area contributed by atoms with E-state index in [1.807, 2.05) is 0 Å². The number of hydrogen-bond donors (Lipinski definition) is 2. The topological polar surface area (TPSA) is 40.5 Å². The van der Waals surface area contributed by atoms with Gasteiger partial charge in [-0.1, -0.05) is 12.2 Å². The van der Waals surface area contributed by atoms with Gasteiger partial charge in [-0.2, -0.15) is 0 Å². The highest BCUT2D eigenvalue weighted by atomic mass is 16.3. The van der Waals surface area contributed by atoms with Crippen LogP contribution in [0.25, 0.3) is 0 Å². The first-order valence-corrected chi connectivity index (χ1v) is 4.77. The molecular formula is C10H16O2. The van der Waals surface area contributed by atoms with Gasteiger partial charge in [0.15, 0.2) is 0 Å². The molecule has 2 nitrogen and oxygen atoms in total. The van der Waals surface area contributed by atoms with Gasteiger partial charge in [-0.3, -0.25) is 0 Å². The molecule has 0 spiro atoms. The summed E-state index contributed by atoms with van der Waals surface area (Å²) in [6.45, 7) is 0.466. The number of rotatable bonds is 2. The van der Waals surface area contributed by atoms with Crippen molar-refractivity contribution >= 4 is 0 Å². The van der Waals surface area contributed by atoms with Gasteiger partial charge in [-0.15, -0.1) is 0 Å². The molecule has 0 saturated heterocycles. The minimum absolute atomic E-state index is 0.233. The monoisotopic (exact) mass is 168 g/mol. The summed E-state index contributed by atoms with van der Waals surface area (Å²) in [6, 6.07) is 0. The lowest BCUT2D eigenvalue weighted by Gasteiger charge is -2.43. The summed E-state index contributed by atoms with van der Waals surface area (Å²) < 4.78 is 0. The van der Waals surface area contributed by atoms with Crippen molar-refractivity contribution in [1.82, 2.24) is 0 Å². The van der Waals surface area contributed by atoms with Crippen LogP contribution >= 0.6 is 0 Å². The van der Waals surface area contributed by atoms with Gasteiger partial charge in [0.25, 0.3) is 0 Å². The highest BCUT2D eigenvalue weighted by molar-refractivity contribution is 5.09. The van der Waals surface area contributed by atoms with Crippen LogP contribution in [0.3, 0.4) is 0 Å². The van der Waals surface area contributed by atoms with Gasteiger partial charge in [-0.25, -0.2) is 0 Å². The Bertz CT molecular complexity index is 168. The Hall–Kier alpha value is -0.340. The average molecular weight is 168 g/mol. The Balaban J connectivity index is 2.18. The van der Waals surface area contributed by atoms with E-state index in [-0.39, 0.29) is 13.2 Å². The summed E-state index contributed by atoms with van der Waals surface area (Å²) in [5.41, 5.74) is 0. The smallest absolute Gasteiger partial charge is 0.0468 e. The Kier molecular flexibility index (Phi) is 2.20. The molecule has 0 aromatic rings. The van der Waals surface area contributed by atoms with Crippen molar-refractivity contribution in [3.8, 4) is 0 Å². The van der Waals surface area contributed by atoms with E-state index >= 15 is 0 Å². The van der Waals surface area contributed by atoms with E-state index < -0.39 is 0 Å². The van der Waals surface area contributed by atoms with Crippen LogP contribution in [0.15, 0.2) is 12.2 Å². The third kappa shape index (κ3) is 1.10. The zero-order chi connectivity index (χ0) is 8.55. The molecule has 0 aromatic carbocycles. The second kappa shape index (κ2) is 3.19. The lowest BCUT2D eigenvalue weighted by Crippen LogP contribution is -2.40. The standard InChI is InChI=1S/C10H16O2/c11-5-9-7-1-2-8(4-3-7)10(9)6-12/h1-2,7-12H,3-6H2. The third-order valence-electron chi connectivity index (χ3n) is 3.51.